The minimum absolute atomic E-state index is 1.12. The van der Waals surface area contributed by atoms with Crippen molar-refractivity contribution in [2.45, 2.75) is 0 Å². The van der Waals surface area contributed by atoms with E-state index < -0.39 is 0 Å². The van der Waals surface area contributed by atoms with Crippen LogP contribution in [0.15, 0.2) is 231 Å². The smallest absolute Gasteiger partial charge is 0.0462 e. The van der Waals surface area contributed by atoms with Crippen LogP contribution >= 0.6 is 22.6 Å². The van der Waals surface area contributed by atoms with Crippen molar-refractivity contribution in [2.75, 3.05) is 10.2 Å². The van der Waals surface area contributed by atoms with Crippen LogP contribution in [0, 0.1) is 3.57 Å². The van der Waals surface area contributed by atoms with E-state index in [9.17, 15) is 0 Å². The Morgan fingerprint density at radius 1 is 0.275 bits per heavy atom. The zero-order valence-electron chi connectivity index (χ0n) is 28.3. The molecule has 0 bridgehead atoms. The molecule has 0 saturated carbocycles. The average molecular weight is 771 g/mol. The van der Waals surface area contributed by atoms with Gasteiger partial charge in [-0.2, -0.15) is 0 Å². The van der Waals surface area contributed by atoms with Crippen LogP contribution in [0.25, 0.3) is 22.3 Å². The Labute approximate surface area is 315 Å². The standard InChI is InChI=1S/C24H19N.C12H9I.C12H11N/c1-4-10-20(11-5-1)21-16-18-24(19-17-21)25(22-12-6-2-7-13-22)23-14-8-3-9-15-23;13-12-8-6-11(7-9-12)10-4-2-1-3-5-10;1-3-7-11(8-4-1)13-12-9-5-2-6-10-12/h1-19H;1-9H;1-10,13H. The highest BCUT2D eigenvalue weighted by Crippen LogP contribution is 2.35. The van der Waals surface area contributed by atoms with Crippen molar-refractivity contribution in [3.8, 4) is 22.3 Å². The number of benzene rings is 8. The van der Waals surface area contributed by atoms with Crippen LogP contribution in [-0.2, 0) is 0 Å². The zero-order chi connectivity index (χ0) is 34.9. The summed E-state index contributed by atoms with van der Waals surface area (Å²) < 4.78 is 1.28. The Morgan fingerprint density at radius 2 is 0.549 bits per heavy atom. The summed E-state index contributed by atoms with van der Waals surface area (Å²) in [5.74, 6) is 0. The number of anilines is 5. The molecule has 0 saturated heterocycles. The van der Waals surface area contributed by atoms with Gasteiger partial charge in [0, 0.05) is 32.0 Å². The van der Waals surface area contributed by atoms with Crippen molar-refractivity contribution >= 4 is 51.0 Å². The molecule has 248 valence electrons. The summed E-state index contributed by atoms with van der Waals surface area (Å²) in [6, 6.07) is 79.4. The van der Waals surface area contributed by atoms with E-state index in [-0.39, 0.29) is 0 Å². The molecule has 0 aliphatic carbocycles. The molecule has 51 heavy (non-hydrogen) atoms. The molecule has 2 nitrogen and oxygen atoms in total. The lowest BCUT2D eigenvalue weighted by Crippen LogP contribution is -2.09. The minimum Gasteiger partial charge on any atom is -0.356 e. The number of halogens is 1. The van der Waals surface area contributed by atoms with Gasteiger partial charge in [-0.1, -0.05) is 158 Å². The van der Waals surface area contributed by atoms with Crippen LogP contribution in [-0.4, -0.2) is 0 Å². The lowest BCUT2D eigenvalue weighted by Gasteiger charge is -2.25. The molecule has 0 heterocycles. The Bertz CT molecular complexity index is 2050. The second kappa shape index (κ2) is 18.7. The van der Waals surface area contributed by atoms with Gasteiger partial charge in [-0.05, 0) is 118 Å². The SMILES string of the molecule is Ic1ccc(-c2ccccc2)cc1.c1ccc(-c2ccc(N(c3ccccc3)c3ccccc3)cc2)cc1.c1ccc(Nc2ccccc2)cc1. The summed E-state index contributed by atoms with van der Waals surface area (Å²) in [7, 11) is 0. The van der Waals surface area contributed by atoms with Crippen molar-refractivity contribution in [1.82, 2.24) is 0 Å². The summed E-state index contributed by atoms with van der Waals surface area (Å²) in [5.41, 5.74) is 10.7. The number of nitrogens with one attached hydrogen (secondary N) is 1. The fourth-order valence-electron chi connectivity index (χ4n) is 5.52. The normalized spacial score (nSPS) is 10.1. The highest BCUT2D eigenvalue weighted by molar-refractivity contribution is 14.1. The third kappa shape index (κ3) is 10.5. The lowest BCUT2D eigenvalue weighted by molar-refractivity contribution is 1.28. The number of nitrogens with zero attached hydrogens (tertiary/aromatic N) is 1. The molecule has 0 amide bonds. The van der Waals surface area contributed by atoms with E-state index >= 15 is 0 Å². The largest absolute Gasteiger partial charge is 0.356 e. The maximum Gasteiger partial charge on any atom is 0.0462 e. The molecular weight excluding hydrogens is 731 g/mol. The van der Waals surface area contributed by atoms with Gasteiger partial charge in [-0.15, -0.1) is 0 Å². The number of para-hydroxylation sites is 4. The van der Waals surface area contributed by atoms with E-state index in [1.54, 1.807) is 0 Å². The maximum atomic E-state index is 3.30. The third-order valence-electron chi connectivity index (χ3n) is 8.05. The fraction of sp³-hybridized carbons (Fsp3) is 0. The van der Waals surface area contributed by atoms with E-state index in [4.69, 9.17) is 0 Å². The van der Waals surface area contributed by atoms with Crippen LogP contribution in [0.5, 0.6) is 0 Å². The topological polar surface area (TPSA) is 15.3 Å². The minimum atomic E-state index is 1.12. The molecule has 0 aliphatic heterocycles. The van der Waals surface area contributed by atoms with Crippen molar-refractivity contribution in [1.29, 1.82) is 0 Å². The predicted octanol–water partition coefficient (Wildman–Crippen LogP) is 14.2. The zero-order valence-corrected chi connectivity index (χ0v) is 30.4. The molecule has 0 atom stereocenters. The predicted molar refractivity (Wildman–Crippen MR) is 227 cm³/mol. The number of rotatable bonds is 7. The molecule has 1 N–H and O–H groups in total. The molecule has 0 fully saturated rings. The van der Waals surface area contributed by atoms with Crippen molar-refractivity contribution in [3.05, 3.63) is 234 Å². The summed E-state index contributed by atoms with van der Waals surface area (Å²) in [4.78, 5) is 2.27. The summed E-state index contributed by atoms with van der Waals surface area (Å²) in [6.45, 7) is 0. The summed E-state index contributed by atoms with van der Waals surface area (Å²) in [5, 5.41) is 3.30. The van der Waals surface area contributed by atoms with Gasteiger partial charge in [0.15, 0.2) is 0 Å². The van der Waals surface area contributed by atoms with Crippen LogP contribution in [0.4, 0.5) is 28.4 Å². The highest BCUT2D eigenvalue weighted by atomic mass is 127. The Hall–Kier alpha value is -5.91. The highest BCUT2D eigenvalue weighted by Gasteiger charge is 2.11. The van der Waals surface area contributed by atoms with Gasteiger partial charge in [-0.3, -0.25) is 0 Å². The molecule has 0 unspecified atom stereocenters. The van der Waals surface area contributed by atoms with Crippen molar-refractivity contribution < 1.29 is 0 Å². The second-order valence-corrected chi connectivity index (χ2v) is 12.9. The van der Waals surface area contributed by atoms with Crippen LogP contribution in [0.3, 0.4) is 0 Å². The van der Waals surface area contributed by atoms with E-state index in [0.717, 1.165) is 28.4 Å². The molecular formula is C48H39IN2. The third-order valence-corrected chi connectivity index (χ3v) is 8.77. The molecule has 0 spiro atoms. The summed E-state index contributed by atoms with van der Waals surface area (Å²) >= 11 is 2.32. The van der Waals surface area contributed by atoms with E-state index in [1.165, 1.54) is 25.8 Å². The first-order valence-electron chi connectivity index (χ1n) is 17.0. The molecule has 0 aromatic heterocycles. The van der Waals surface area contributed by atoms with Gasteiger partial charge in [-0.25, -0.2) is 0 Å². The maximum absolute atomic E-state index is 3.30. The van der Waals surface area contributed by atoms with Crippen molar-refractivity contribution in [2.24, 2.45) is 0 Å². The molecule has 0 radical (unpaired) electrons. The van der Waals surface area contributed by atoms with Gasteiger partial charge in [0.25, 0.3) is 0 Å². The molecule has 0 aliphatic rings. The quantitative estimate of drug-likeness (QED) is 0.162. The first kappa shape index (κ1) is 34.9. The molecule has 3 heteroatoms. The molecule has 8 aromatic rings. The van der Waals surface area contributed by atoms with Gasteiger partial charge < -0.3 is 10.2 Å². The van der Waals surface area contributed by atoms with Gasteiger partial charge in [0.05, 0.1) is 0 Å². The summed E-state index contributed by atoms with van der Waals surface area (Å²) in [6.07, 6.45) is 0. The first-order chi connectivity index (χ1) is 25.2. The van der Waals surface area contributed by atoms with E-state index in [2.05, 4.69) is 178 Å². The Morgan fingerprint density at radius 3 is 0.922 bits per heavy atom. The first-order valence-corrected chi connectivity index (χ1v) is 18.0. The van der Waals surface area contributed by atoms with Crippen LogP contribution in [0.2, 0.25) is 0 Å². The Kier molecular flexibility index (Phi) is 12.8. The van der Waals surface area contributed by atoms with Gasteiger partial charge in [0.1, 0.15) is 0 Å². The van der Waals surface area contributed by atoms with Crippen molar-refractivity contribution in [3.63, 3.8) is 0 Å². The molecule has 8 aromatic carbocycles. The Balaban J connectivity index is 0.000000145. The monoisotopic (exact) mass is 770 g/mol. The van der Waals surface area contributed by atoms with Gasteiger partial charge >= 0.3 is 0 Å². The van der Waals surface area contributed by atoms with E-state index in [0.29, 0.717) is 0 Å². The van der Waals surface area contributed by atoms with E-state index in [1.807, 2.05) is 84.9 Å². The molecule has 8 rings (SSSR count). The second-order valence-electron chi connectivity index (χ2n) is 11.6. The van der Waals surface area contributed by atoms with Crippen LogP contribution < -0.4 is 10.2 Å². The van der Waals surface area contributed by atoms with Gasteiger partial charge in [0.2, 0.25) is 0 Å². The van der Waals surface area contributed by atoms with Crippen LogP contribution in [0.1, 0.15) is 0 Å². The number of hydrogen-bond donors (Lipinski definition) is 1. The average Bonchev–Trinajstić information content (AvgIpc) is 3.21. The lowest BCUT2D eigenvalue weighted by atomic mass is 10.0. The number of hydrogen-bond acceptors (Lipinski definition) is 2. The fourth-order valence-corrected chi connectivity index (χ4v) is 5.88.